The lowest BCUT2D eigenvalue weighted by Crippen LogP contribution is -2.42. The number of aliphatic carboxylic acids is 1. The molecular weight excluding hydrogens is 375 g/mol. The molecule has 0 fully saturated rings. The summed E-state index contributed by atoms with van der Waals surface area (Å²) < 4.78 is 37.7. The highest BCUT2D eigenvalue weighted by Gasteiger charge is 2.31. The van der Waals surface area contributed by atoms with Gasteiger partial charge in [-0.05, 0) is 29.7 Å². The molecule has 0 unspecified atom stereocenters. The van der Waals surface area contributed by atoms with Gasteiger partial charge in [0.25, 0.3) is 5.91 Å². The standard InChI is InChI=1S/C20H18F3NO4/c21-20(22,23)15-11-9-14(10-12-15)17(25)18(26)24-16(19(27)28)8-4-7-13-5-2-1-3-6-13/h1-7,9-12,16-17,25H,8H2,(H,24,26)(H,27,28)/b7-4+/t16-,17+/m0/s1. The zero-order chi connectivity index (χ0) is 20.7. The summed E-state index contributed by atoms with van der Waals surface area (Å²) in [4.78, 5) is 23.4. The predicted molar refractivity (Wildman–Crippen MR) is 96.1 cm³/mol. The van der Waals surface area contributed by atoms with Crippen molar-refractivity contribution in [3.8, 4) is 0 Å². The molecule has 0 heterocycles. The Morgan fingerprint density at radius 3 is 2.18 bits per heavy atom. The van der Waals surface area contributed by atoms with Crippen LogP contribution in [0.25, 0.3) is 6.08 Å². The number of benzene rings is 2. The molecule has 2 aromatic rings. The van der Waals surface area contributed by atoms with Crippen LogP contribution in [0, 0.1) is 0 Å². The van der Waals surface area contributed by atoms with Crippen LogP contribution in [0.15, 0.2) is 60.7 Å². The van der Waals surface area contributed by atoms with Gasteiger partial charge in [0.1, 0.15) is 6.04 Å². The van der Waals surface area contributed by atoms with Gasteiger partial charge in [-0.1, -0.05) is 54.6 Å². The van der Waals surface area contributed by atoms with E-state index in [0.717, 1.165) is 29.8 Å². The molecule has 3 N–H and O–H groups in total. The zero-order valence-electron chi connectivity index (χ0n) is 14.6. The molecule has 0 aliphatic carbocycles. The highest BCUT2D eigenvalue weighted by atomic mass is 19.4. The third-order valence-corrected chi connectivity index (χ3v) is 3.90. The van der Waals surface area contributed by atoms with Gasteiger partial charge in [-0.25, -0.2) is 4.79 Å². The molecule has 0 spiro atoms. The van der Waals surface area contributed by atoms with Crippen LogP contribution in [-0.2, 0) is 15.8 Å². The number of amides is 1. The largest absolute Gasteiger partial charge is 0.480 e. The van der Waals surface area contributed by atoms with Crippen LogP contribution < -0.4 is 5.32 Å². The van der Waals surface area contributed by atoms with E-state index < -0.39 is 35.8 Å². The molecule has 0 saturated carbocycles. The van der Waals surface area contributed by atoms with Gasteiger partial charge in [-0.2, -0.15) is 13.2 Å². The SMILES string of the molecule is O=C(O)[C@H](C/C=C/c1ccccc1)NC(=O)[C@H](O)c1ccc(C(F)(F)F)cc1. The van der Waals surface area contributed by atoms with Gasteiger partial charge < -0.3 is 15.5 Å². The van der Waals surface area contributed by atoms with Crippen LogP contribution in [0.1, 0.15) is 29.2 Å². The van der Waals surface area contributed by atoms with Crippen molar-refractivity contribution in [1.82, 2.24) is 5.32 Å². The van der Waals surface area contributed by atoms with E-state index in [4.69, 9.17) is 0 Å². The van der Waals surface area contributed by atoms with E-state index in [0.29, 0.717) is 0 Å². The lowest BCUT2D eigenvalue weighted by Gasteiger charge is -2.17. The molecule has 2 rings (SSSR count). The van der Waals surface area contributed by atoms with Crippen molar-refractivity contribution in [3.05, 3.63) is 77.4 Å². The number of carboxylic acid groups (broad SMARTS) is 1. The smallest absolute Gasteiger partial charge is 0.416 e. The Labute approximate surface area is 159 Å². The molecule has 0 radical (unpaired) electrons. The normalized spacial score (nSPS) is 13.9. The minimum atomic E-state index is -4.54. The number of aliphatic hydroxyl groups is 1. The van der Waals surface area contributed by atoms with Crippen LogP contribution in [0.3, 0.4) is 0 Å². The molecule has 5 nitrogen and oxygen atoms in total. The molecule has 0 saturated heterocycles. The molecule has 28 heavy (non-hydrogen) atoms. The van der Waals surface area contributed by atoms with E-state index in [1.54, 1.807) is 12.2 Å². The van der Waals surface area contributed by atoms with Gasteiger partial charge in [0.2, 0.25) is 0 Å². The summed E-state index contributed by atoms with van der Waals surface area (Å²) in [5.74, 6) is -2.31. The van der Waals surface area contributed by atoms with Gasteiger partial charge >= 0.3 is 12.1 Å². The Morgan fingerprint density at radius 1 is 1.04 bits per heavy atom. The minimum Gasteiger partial charge on any atom is -0.480 e. The second-order valence-corrected chi connectivity index (χ2v) is 5.97. The van der Waals surface area contributed by atoms with E-state index in [9.17, 15) is 33.0 Å². The van der Waals surface area contributed by atoms with Crippen molar-refractivity contribution in [1.29, 1.82) is 0 Å². The average molecular weight is 393 g/mol. The van der Waals surface area contributed by atoms with E-state index in [1.807, 2.05) is 30.3 Å². The second kappa shape index (κ2) is 9.18. The highest BCUT2D eigenvalue weighted by molar-refractivity contribution is 5.87. The Kier molecular flexibility index (Phi) is 6.94. The van der Waals surface area contributed by atoms with Gasteiger partial charge in [0.15, 0.2) is 6.10 Å². The summed E-state index contributed by atoms with van der Waals surface area (Å²) in [5, 5.41) is 21.4. The fourth-order valence-corrected chi connectivity index (χ4v) is 2.38. The fourth-order valence-electron chi connectivity index (χ4n) is 2.38. The fraction of sp³-hybridized carbons (Fsp3) is 0.200. The number of hydrogen-bond acceptors (Lipinski definition) is 3. The summed E-state index contributed by atoms with van der Waals surface area (Å²) in [6.07, 6.45) is -3.10. The summed E-state index contributed by atoms with van der Waals surface area (Å²) in [6, 6.07) is 11.2. The van der Waals surface area contributed by atoms with E-state index in [-0.39, 0.29) is 12.0 Å². The van der Waals surface area contributed by atoms with Crippen molar-refractivity contribution < 1.29 is 33.0 Å². The van der Waals surface area contributed by atoms with E-state index in [1.165, 1.54) is 0 Å². The molecule has 2 aromatic carbocycles. The number of halogens is 3. The molecule has 0 aromatic heterocycles. The van der Waals surface area contributed by atoms with Gasteiger partial charge in [0.05, 0.1) is 5.56 Å². The number of hydrogen-bond donors (Lipinski definition) is 3. The first kappa shape index (κ1) is 21.2. The lowest BCUT2D eigenvalue weighted by molar-refractivity contribution is -0.143. The molecule has 1 amide bonds. The molecule has 8 heteroatoms. The summed E-state index contributed by atoms with van der Waals surface area (Å²) in [6.45, 7) is 0. The molecular formula is C20H18F3NO4. The van der Waals surface area contributed by atoms with Crippen molar-refractivity contribution in [2.75, 3.05) is 0 Å². The Bertz CT molecular complexity index is 833. The number of alkyl halides is 3. The topological polar surface area (TPSA) is 86.6 Å². The van der Waals surface area contributed by atoms with Gasteiger partial charge in [0, 0.05) is 0 Å². The van der Waals surface area contributed by atoms with Crippen molar-refractivity contribution in [2.24, 2.45) is 0 Å². The number of carbonyl (C=O) groups is 2. The summed E-state index contributed by atoms with van der Waals surface area (Å²) >= 11 is 0. The number of nitrogens with one attached hydrogen (secondary N) is 1. The van der Waals surface area contributed by atoms with Crippen LogP contribution in [0.4, 0.5) is 13.2 Å². The molecule has 148 valence electrons. The Balaban J connectivity index is 2.01. The van der Waals surface area contributed by atoms with Crippen LogP contribution >= 0.6 is 0 Å². The molecule has 0 bridgehead atoms. The van der Waals surface area contributed by atoms with Gasteiger partial charge in [-0.3, -0.25) is 4.79 Å². The minimum absolute atomic E-state index is 0.0320. The van der Waals surface area contributed by atoms with Crippen molar-refractivity contribution in [3.63, 3.8) is 0 Å². The highest BCUT2D eigenvalue weighted by Crippen LogP contribution is 2.30. The first-order valence-corrected chi connectivity index (χ1v) is 8.28. The number of aliphatic hydroxyl groups excluding tert-OH is 1. The first-order chi connectivity index (χ1) is 13.2. The quantitative estimate of drug-likeness (QED) is 0.673. The van der Waals surface area contributed by atoms with E-state index in [2.05, 4.69) is 5.32 Å². The Hall–Kier alpha value is -3.13. The van der Waals surface area contributed by atoms with Crippen molar-refractivity contribution >= 4 is 18.0 Å². The Morgan fingerprint density at radius 2 is 1.64 bits per heavy atom. The zero-order valence-corrected chi connectivity index (χ0v) is 14.6. The summed E-state index contributed by atoms with van der Waals surface area (Å²) in [7, 11) is 0. The number of carboxylic acids is 1. The van der Waals surface area contributed by atoms with Gasteiger partial charge in [-0.15, -0.1) is 0 Å². The third-order valence-electron chi connectivity index (χ3n) is 3.90. The maximum atomic E-state index is 12.6. The predicted octanol–water partition coefficient (Wildman–Crippen LogP) is 3.41. The van der Waals surface area contributed by atoms with Crippen LogP contribution in [0.2, 0.25) is 0 Å². The molecule has 0 aliphatic rings. The molecule has 2 atom stereocenters. The second-order valence-electron chi connectivity index (χ2n) is 5.97. The maximum Gasteiger partial charge on any atom is 0.416 e. The monoisotopic (exact) mass is 393 g/mol. The lowest BCUT2D eigenvalue weighted by atomic mass is 10.1. The number of rotatable bonds is 7. The van der Waals surface area contributed by atoms with Crippen LogP contribution in [-0.4, -0.2) is 28.1 Å². The molecule has 0 aliphatic heterocycles. The van der Waals surface area contributed by atoms with Crippen LogP contribution in [0.5, 0.6) is 0 Å². The maximum absolute atomic E-state index is 12.6. The number of carbonyl (C=O) groups excluding carboxylic acids is 1. The van der Waals surface area contributed by atoms with E-state index >= 15 is 0 Å². The average Bonchev–Trinajstić information content (AvgIpc) is 2.66. The third kappa shape index (κ3) is 5.95. The summed E-state index contributed by atoms with van der Waals surface area (Å²) in [5.41, 5.74) is -0.143. The first-order valence-electron chi connectivity index (χ1n) is 8.28. The van der Waals surface area contributed by atoms with Crippen molar-refractivity contribution in [2.45, 2.75) is 24.7 Å².